The number of piperidine rings is 1. The van der Waals surface area contributed by atoms with E-state index in [1.165, 1.54) is 6.42 Å². The number of non-ortho nitro benzene ring substituents is 1. The lowest BCUT2D eigenvalue weighted by atomic mass is 10.0. The zero-order valence-corrected chi connectivity index (χ0v) is 11.6. The molecule has 0 aromatic heterocycles. The first kappa shape index (κ1) is 13.8. The van der Waals surface area contributed by atoms with Gasteiger partial charge in [0.25, 0.3) is 5.69 Å². The highest BCUT2D eigenvalue weighted by molar-refractivity contribution is 5.56. The molecule has 5 heteroatoms. The Hall–Kier alpha value is -1.62. The van der Waals surface area contributed by atoms with Crippen LogP contribution in [0, 0.1) is 17.0 Å². The fourth-order valence-electron chi connectivity index (χ4n) is 2.80. The van der Waals surface area contributed by atoms with Gasteiger partial charge in [0.05, 0.1) is 4.92 Å². The van der Waals surface area contributed by atoms with E-state index in [0.29, 0.717) is 6.04 Å². The maximum Gasteiger partial charge on any atom is 0.271 e. The van der Waals surface area contributed by atoms with Gasteiger partial charge in [-0.1, -0.05) is 0 Å². The van der Waals surface area contributed by atoms with Crippen molar-refractivity contribution in [3.63, 3.8) is 0 Å². The van der Waals surface area contributed by atoms with Gasteiger partial charge in [0, 0.05) is 37.0 Å². The number of nitro groups is 1. The maximum atomic E-state index is 11.0. The Balaban J connectivity index is 2.30. The van der Waals surface area contributed by atoms with Crippen molar-refractivity contribution >= 4 is 11.4 Å². The second-order valence-corrected chi connectivity index (χ2v) is 5.18. The third-order valence-corrected chi connectivity index (χ3v) is 3.66. The molecule has 0 bridgehead atoms. The molecule has 1 aliphatic rings. The Morgan fingerprint density at radius 2 is 2.21 bits per heavy atom. The van der Waals surface area contributed by atoms with Crippen molar-refractivity contribution in [3.05, 3.63) is 33.9 Å². The number of hydrogen-bond donors (Lipinski definition) is 1. The highest BCUT2D eigenvalue weighted by Gasteiger charge is 2.23. The van der Waals surface area contributed by atoms with Crippen LogP contribution in [0.15, 0.2) is 18.2 Å². The van der Waals surface area contributed by atoms with Crippen LogP contribution in [0.5, 0.6) is 0 Å². The molecule has 0 radical (unpaired) electrons. The van der Waals surface area contributed by atoms with Crippen LogP contribution in [-0.2, 0) is 0 Å². The Kier molecular flexibility index (Phi) is 4.37. The molecule has 1 unspecified atom stereocenters. The highest BCUT2D eigenvalue weighted by Crippen LogP contribution is 2.29. The molecule has 0 aliphatic carbocycles. The molecule has 0 saturated carbocycles. The number of hydrogen-bond acceptors (Lipinski definition) is 4. The van der Waals surface area contributed by atoms with E-state index < -0.39 is 0 Å². The van der Waals surface area contributed by atoms with E-state index in [1.807, 2.05) is 20.0 Å². The third-order valence-electron chi connectivity index (χ3n) is 3.66. The predicted octanol–water partition coefficient (Wildman–Crippen LogP) is 2.48. The van der Waals surface area contributed by atoms with Crippen molar-refractivity contribution in [1.29, 1.82) is 0 Å². The number of aryl methyl sites for hydroxylation is 1. The first-order valence-corrected chi connectivity index (χ1v) is 6.79. The highest BCUT2D eigenvalue weighted by atomic mass is 16.6. The van der Waals surface area contributed by atoms with Gasteiger partial charge in [0.1, 0.15) is 0 Å². The lowest BCUT2D eigenvalue weighted by molar-refractivity contribution is -0.384. The van der Waals surface area contributed by atoms with Gasteiger partial charge < -0.3 is 10.2 Å². The van der Waals surface area contributed by atoms with Crippen molar-refractivity contribution in [2.75, 3.05) is 25.0 Å². The molecule has 1 atom stereocenters. The summed E-state index contributed by atoms with van der Waals surface area (Å²) in [5.41, 5.74) is 2.11. The van der Waals surface area contributed by atoms with E-state index in [2.05, 4.69) is 10.2 Å². The molecular weight excluding hydrogens is 242 g/mol. The number of rotatable bonds is 4. The lowest BCUT2D eigenvalue weighted by Gasteiger charge is -2.37. The van der Waals surface area contributed by atoms with E-state index in [-0.39, 0.29) is 10.6 Å². The van der Waals surface area contributed by atoms with E-state index in [0.717, 1.165) is 37.2 Å². The molecule has 0 amide bonds. The van der Waals surface area contributed by atoms with E-state index in [1.54, 1.807) is 12.1 Å². The van der Waals surface area contributed by atoms with Gasteiger partial charge in [-0.25, -0.2) is 0 Å². The fraction of sp³-hybridized carbons (Fsp3) is 0.571. The van der Waals surface area contributed by atoms with Crippen LogP contribution in [0.3, 0.4) is 0 Å². The molecule has 5 nitrogen and oxygen atoms in total. The van der Waals surface area contributed by atoms with Crippen molar-refractivity contribution in [2.24, 2.45) is 0 Å². The lowest BCUT2D eigenvalue weighted by Crippen LogP contribution is -2.45. The van der Waals surface area contributed by atoms with Crippen LogP contribution in [-0.4, -0.2) is 31.1 Å². The minimum Gasteiger partial charge on any atom is -0.367 e. The van der Waals surface area contributed by atoms with Crippen molar-refractivity contribution in [1.82, 2.24) is 5.32 Å². The second-order valence-electron chi connectivity index (χ2n) is 5.18. The van der Waals surface area contributed by atoms with Crippen LogP contribution in [0.1, 0.15) is 24.8 Å². The zero-order valence-electron chi connectivity index (χ0n) is 11.6. The third kappa shape index (κ3) is 3.23. The molecule has 1 aromatic carbocycles. The van der Waals surface area contributed by atoms with Crippen LogP contribution < -0.4 is 10.2 Å². The molecule has 19 heavy (non-hydrogen) atoms. The molecule has 104 valence electrons. The zero-order chi connectivity index (χ0) is 13.8. The molecule has 1 aromatic rings. The Bertz CT molecular complexity index is 460. The summed E-state index contributed by atoms with van der Waals surface area (Å²) in [6, 6.07) is 5.79. The first-order chi connectivity index (χ1) is 9.11. The van der Waals surface area contributed by atoms with Crippen LogP contribution >= 0.6 is 0 Å². The molecule has 1 heterocycles. The molecular formula is C14H21N3O2. The summed E-state index contributed by atoms with van der Waals surface area (Å²) < 4.78 is 0. The smallest absolute Gasteiger partial charge is 0.271 e. The molecule has 1 saturated heterocycles. The molecule has 1 aliphatic heterocycles. The minimum atomic E-state index is -0.312. The van der Waals surface area contributed by atoms with Gasteiger partial charge in [-0.15, -0.1) is 0 Å². The number of benzene rings is 1. The Morgan fingerprint density at radius 3 is 2.89 bits per heavy atom. The first-order valence-electron chi connectivity index (χ1n) is 6.79. The topological polar surface area (TPSA) is 58.4 Å². The summed E-state index contributed by atoms with van der Waals surface area (Å²) in [4.78, 5) is 13.0. The van der Waals surface area contributed by atoms with Crippen LogP contribution in [0.2, 0.25) is 0 Å². The summed E-state index contributed by atoms with van der Waals surface area (Å²) in [6.45, 7) is 3.81. The molecule has 2 rings (SSSR count). The number of nitro benzene ring substituents is 1. The van der Waals surface area contributed by atoms with Crippen molar-refractivity contribution < 1.29 is 4.92 Å². The molecule has 1 fully saturated rings. The van der Waals surface area contributed by atoms with Gasteiger partial charge in [0.15, 0.2) is 0 Å². The summed E-state index contributed by atoms with van der Waals surface area (Å²) in [5.74, 6) is 0. The normalized spacial score (nSPS) is 19.5. The second kappa shape index (κ2) is 6.02. The number of likely N-dealkylation sites (N-methyl/N-ethyl adjacent to an activating group) is 1. The van der Waals surface area contributed by atoms with E-state index in [9.17, 15) is 10.1 Å². The number of nitrogens with one attached hydrogen (secondary N) is 1. The number of anilines is 1. The van der Waals surface area contributed by atoms with Gasteiger partial charge >= 0.3 is 0 Å². The summed E-state index contributed by atoms with van der Waals surface area (Å²) in [5, 5.41) is 14.2. The average molecular weight is 263 g/mol. The summed E-state index contributed by atoms with van der Waals surface area (Å²) >= 11 is 0. The summed E-state index contributed by atoms with van der Waals surface area (Å²) in [6.07, 6.45) is 3.53. The van der Waals surface area contributed by atoms with Crippen molar-refractivity contribution in [3.8, 4) is 0 Å². The van der Waals surface area contributed by atoms with Gasteiger partial charge in [-0.3, -0.25) is 10.1 Å². The largest absolute Gasteiger partial charge is 0.367 e. The van der Waals surface area contributed by atoms with Gasteiger partial charge in [-0.2, -0.15) is 0 Å². The quantitative estimate of drug-likeness (QED) is 0.669. The van der Waals surface area contributed by atoms with Crippen LogP contribution in [0.4, 0.5) is 11.4 Å². The van der Waals surface area contributed by atoms with E-state index >= 15 is 0 Å². The Morgan fingerprint density at radius 1 is 1.42 bits per heavy atom. The van der Waals surface area contributed by atoms with Gasteiger partial charge in [0.2, 0.25) is 0 Å². The average Bonchev–Trinajstić information content (AvgIpc) is 2.39. The SMILES string of the molecule is CNCC1CCCCN1c1cc(C)cc([N+](=O)[O-])c1. The summed E-state index contributed by atoms with van der Waals surface area (Å²) in [7, 11) is 1.95. The fourth-order valence-corrected chi connectivity index (χ4v) is 2.80. The standard InChI is InChI=1S/C14H21N3O2/c1-11-7-13(9-14(8-11)17(18)19)16-6-4-3-5-12(16)10-15-2/h7-9,12,15H,3-6,10H2,1-2H3. The predicted molar refractivity (Wildman–Crippen MR) is 76.7 cm³/mol. The van der Waals surface area contributed by atoms with Gasteiger partial charge in [-0.05, 0) is 44.9 Å². The monoisotopic (exact) mass is 263 g/mol. The minimum absolute atomic E-state index is 0.184. The van der Waals surface area contributed by atoms with E-state index in [4.69, 9.17) is 0 Å². The van der Waals surface area contributed by atoms with Crippen molar-refractivity contribution in [2.45, 2.75) is 32.2 Å². The Labute approximate surface area is 113 Å². The molecule has 0 spiro atoms. The number of nitrogens with zero attached hydrogens (tertiary/aromatic N) is 2. The molecule has 1 N–H and O–H groups in total. The maximum absolute atomic E-state index is 11.0. The van der Waals surface area contributed by atoms with Crippen LogP contribution in [0.25, 0.3) is 0 Å².